The summed E-state index contributed by atoms with van der Waals surface area (Å²) in [6.07, 6.45) is 4.27. The van der Waals surface area contributed by atoms with Gasteiger partial charge >= 0.3 is 12.2 Å². The third-order valence-electron chi connectivity index (χ3n) is 8.19. The molecule has 1 atom stereocenters. The smallest absolute Gasteiger partial charge is 0.361 e. The monoisotopic (exact) mass is 577 g/mol. The van der Waals surface area contributed by atoms with E-state index in [-0.39, 0.29) is 23.4 Å². The number of alkyl halides is 3. The van der Waals surface area contributed by atoms with Gasteiger partial charge in [-0.1, -0.05) is 43.5 Å². The van der Waals surface area contributed by atoms with Gasteiger partial charge in [-0.05, 0) is 67.8 Å². The predicted octanol–water partition coefficient (Wildman–Crippen LogP) is 6.72. The van der Waals surface area contributed by atoms with Gasteiger partial charge in [-0.3, -0.25) is 9.78 Å². The van der Waals surface area contributed by atoms with Crippen LogP contribution in [0.3, 0.4) is 0 Å². The zero-order valence-corrected chi connectivity index (χ0v) is 23.4. The lowest BCUT2D eigenvalue weighted by Crippen LogP contribution is -2.60. The number of pyridine rings is 1. The van der Waals surface area contributed by atoms with E-state index in [9.17, 15) is 22.8 Å². The van der Waals surface area contributed by atoms with E-state index in [4.69, 9.17) is 0 Å². The summed E-state index contributed by atoms with van der Waals surface area (Å²) in [6, 6.07) is 17.0. The fourth-order valence-corrected chi connectivity index (χ4v) is 5.87. The fourth-order valence-electron chi connectivity index (χ4n) is 5.87. The van der Waals surface area contributed by atoms with Crippen molar-refractivity contribution in [3.05, 3.63) is 95.9 Å². The number of nitrogens with one attached hydrogen (secondary N) is 4. The highest BCUT2D eigenvalue weighted by molar-refractivity contribution is 5.96. The maximum absolute atomic E-state index is 14.0. The van der Waals surface area contributed by atoms with E-state index in [1.165, 1.54) is 12.1 Å². The standard InChI is InChI=1S/C32H34F3N5O2/c1-30(19-22-20-37-26-10-4-3-9-25(22)26,40-29(42)39-24-14-12-23(13-15-24)32(33,34)35)28(41)38-21-31(16-6-2-7-17-31)27-11-5-8-18-36-27/h3-5,8-15,18,20,37H,2,6-7,16-17,19,21H2,1H3,(H,38,41)(H2,39,40,42)/t30-/m0/s1. The maximum atomic E-state index is 14.0. The van der Waals surface area contributed by atoms with Gasteiger partial charge < -0.3 is 20.9 Å². The number of amides is 3. The summed E-state index contributed by atoms with van der Waals surface area (Å²) in [7, 11) is 0. The molecule has 0 spiro atoms. The van der Waals surface area contributed by atoms with Crippen LogP contribution in [0.15, 0.2) is 79.1 Å². The van der Waals surface area contributed by atoms with Crippen LogP contribution < -0.4 is 16.0 Å². The molecule has 2 aromatic heterocycles. The Bertz CT molecular complexity index is 1530. The second-order valence-corrected chi connectivity index (χ2v) is 11.3. The Balaban J connectivity index is 1.38. The van der Waals surface area contributed by atoms with Crippen molar-refractivity contribution in [2.45, 2.75) is 62.6 Å². The molecule has 220 valence electrons. The topological polar surface area (TPSA) is 98.9 Å². The van der Waals surface area contributed by atoms with Crippen LogP contribution >= 0.6 is 0 Å². The molecule has 10 heteroatoms. The van der Waals surface area contributed by atoms with Crippen molar-refractivity contribution in [2.24, 2.45) is 0 Å². The minimum absolute atomic E-state index is 0.173. The number of urea groups is 1. The summed E-state index contributed by atoms with van der Waals surface area (Å²) in [6.45, 7) is 2.03. The average Bonchev–Trinajstić information content (AvgIpc) is 3.39. The summed E-state index contributed by atoms with van der Waals surface area (Å²) in [5.41, 5.74) is 0.348. The number of nitrogens with zero attached hydrogens (tertiary/aromatic N) is 1. The summed E-state index contributed by atoms with van der Waals surface area (Å²) < 4.78 is 38.9. The van der Waals surface area contributed by atoms with E-state index in [0.29, 0.717) is 6.54 Å². The van der Waals surface area contributed by atoms with Crippen molar-refractivity contribution in [3.63, 3.8) is 0 Å². The van der Waals surface area contributed by atoms with E-state index >= 15 is 0 Å². The molecule has 7 nitrogen and oxygen atoms in total. The first kappa shape index (κ1) is 29.2. The molecule has 0 unspecified atom stereocenters. The van der Waals surface area contributed by atoms with Gasteiger partial charge in [0, 0.05) is 53.1 Å². The number of H-pyrrole nitrogens is 1. The summed E-state index contributed by atoms with van der Waals surface area (Å²) in [4.78, 5) is 35.0. The number of hydrogen-bond acceptors (Lipinski definition) is 3. The van der Waals surface area contributed by atoms with Crippen molar-refractivity contribution < 1.29 is 22.8 Å². The number of carbonyl (C=O) groups excluding carboxylic acids is 2. The molecule has 42 heavy (non-hydrogen) atoms. The molecule has 0 aliphatic heterocycles. The van der Waals surface area contributed by atoms with E-state index < -0.39 is 23.3 Å². The molecule has 1 aliphatic carbocycles. The number of benzene rings is 2. The largest absolute Gasteiger partial charge is 0.416 e. The minimum Gasteiger partial charge on any atom is -0.361 e. The number of aromatic nitrogens is 2. The van der Waals surface area contributed by atoms with Gasteiger partial charge in [0.2, 0.25) is 5.91 Å². The number of para-hydroxylation sites is 1. The van der Waals surface area contributed by atoms with Crippen molar-refractivity contribution in [2.75, 3.05) is 11.9 Å². The Morgan fingerprint density at radius 3 is 2.36 bits per heavy atom. The zero-order chi connectivity index (χ0) is 29.8. The highest BCUT2D eigenvalue weighted by atomic mass is 19.4. The van der Waals surface area contributed by atoms with E-state index in [1.54, 1.807) is 13.1 Å². The van der Waals surface area contributed by atoms with Crippen LogP contribution in [0.25, 0.3) is 10.9 Å². The summed E-state index contributed by atoms with van der Waals surface area (Å²) >= 11 is 0. The SMILES string of the molecule is C[C@@](Cc1c[nH]c2ccccc12)(NC(=O)Nc1ccc(C(F)(F)F)cc1)C(=O)NCC1(c2ccccn2)CCCCC1. The number of halogens is 3. The summed E-state index contributed by atoms with van der Waals surface area (Å²) in [5, 5.41) is 9.45. The Hall–Kier alpha value is -4.34. The lowest BCUT2D eigenvalue weighted by Gasteiger charge is -2.38. The minimum atomic E-state index is -4.48. The molecule has 0 bridgehead atoms. The van der Waals surface area contributed by atoms with Crippen molar-refractivity contribution in [3.8, 4) is 0 Å². The lowest BCUT2D eigenvalue weighted by atomic mass is 9.71. The molecule has 4 N–H and O–H groups in total. The van der Waals surface area contributed by atoms with Crippen LogP contribution in [-0.2, 0) is 22.8 Å². The third kappa shape index (κ3) is 6.42. The first-order chi connectivity index (χ1) is 20.1. The van der Waals surface area contributed by atoms with Gasteiger partial charge in [0.25, 0.3) is 0 Å². The van der Waals surface area contributed by atoms with Gasteiger partial charge in [0.05, 0.1) is 5.56 Å². The van der Waals surface area contributed by atoms with Crippen LogP contribution in [0.5, 0.6) is 0 Å². The first-order valence-corrected chi connectivity index (χ1v) is 14.1. The predicted molar refractivity (Wildman–Crippen MR) is 156 cm³/mol. The fraction of sp³-hybridized carbons (Fsp3) is 0.344. The van der Waals surface area contributed by atoms with Crippen LogP contribution in [-0.4, -0.2) is 34.0 Å². The number of rotatable bonds is 8. The molecular weight excluding hydrogens is 543 g/mol. The van der Waals surface area contributed by atoms with Crippen molar-refractivity contribution in [1.82, 2.24) is 20.6 Å². The Morgan fingerprint density at radius 1 is 0.952 bits per heavy atom. The number of hydrogen-bond donors (Lipinski definition) is 4. The Labute approximate surface area is 242 Å². The zero-order valence-electron chi connectivity index (χ0n) is 23.4. The molecular formula is C32H34F3N5O2. The molecule has 3 amide bonds. The van der Waals surface area contributed by atoms with Gasteiger partial charge in [-0.15, -0.1) is 0 Å². The van der Waals surface area contributed by atoms with Crippen LogP contribution in [0.4, 0.5) is 23.7 Å². The van der Waals surface area contributed by atoms with Crippen molar-refractivity contribution >= 4 is 28.5 Å². The molecule has 1 aliphatic rings. The summed E-state index contributed by atoms with van der Waals surface area (Å²) in [5.74, 6) is -0.365. The molecule has 5 rings (SSSR count). The van der Waals surface area contributed by atoms with Gasteiger partial charge in [-0.2, -0.15) is 13.2 Å². The second kappa shape index (κ2) is 11.9. The van der Waals surface area contributed by atoms with Crippen LogP contribution in [0, 0.1) is 0 Å². The number of carbonyl (C=O) groups is 2. The van der Waals surface area contributed by atoms with Gasteiger partial charge in [0.1, 0.15) is 5.54 Å². The molecule has 2 heterocycles. The number of fused-ring (bicyclic) bond motifs is 1. The maximum Gasteiger partial charge on any atom is 0.416 e. The molecule has 4 aromatic rings. The molecule has 1 saturated carbocycles. The Morgan fingerprint density at radius 2 is 1.67 bits per heavy atom. The molecule has 0 saturated heterocycles. The number of anilines is 1. The molecule has 0 radical (unpaired) electrons. The average molecular weight is 578 g/mol. The highest BCUT2D eigenvalue weighted by Crippen LogP contribution is 2.38. The Kier molecular flexibility index (Phi) is 8.24. The second-order valence-electron chi connectivity index (χ2n) is 11.3. The molecule has 2 aromatic carbocycles. The van der Waals surface area contributed by atoms with Gasteiger partial charge in [0.15, 0.2) is 0 Å². The first-order valence-electron chi connectivity index (χ1n) is 14.1. The van der Waals surface area contributed by atoms with Crippen molar-refractivity contribution in [1.29, 1.82) is 0 Å². The lowest BCUT2D eigenvalue weighted by molar-refractivity contribution is -0.137. The van der Waals surface area contributed by atoms with Crippen LogP contribution in [0.2, 0.25) is 0 Å². The third-order valence-corrected chi connectivity index (χ3v) is 8.19. The quantitative estimate of drug-likeness (QED) is 0.187. The molecule has 1 fully saturated rings. The van der Waals surface area contributed by atoms with Gasteiger partial charge in [-0.25, -0.2) is 4.79 Å². The van der Waals surface area contributed by atoms with E-state index in [2.05, 4.69) is 25.9 Å². The van der Waals surface area contributed by atoms with Crippen LogP contribution in [0.1, 0.15) is 55.8 Å². The van der Waals surface area contributed by atoms with E-state index in [1.807, 2.05) is 48.7 Å². The highest BCUT2D eigenvalue weighted by Gasteiger charge is 2.40. The number of aromatic amines is 1. The van der Waals surface area contributed by atoms with E-state index in [0.717, 1.165) is 66.4 Å². The normalized spacial score (nSPS) is 16.4.